The molecule has 5 rings (SSSR count). The molecule has 3 heterocycles. The molecule has 0 amide bonds. The van der Waals surface area contributed by atoms with Crippen molar-refractivity contribution in [2.45, 2.75) is 0 Å². The number of nitrogens with zero attached hydrogens (tertiary/aromatic N) is 4. The first-order chi connectivity index (χ1) is 13.7. The van der Waals surface area contributed by atoms with E-state index >= 15 is 0 Å². The van der Waals surface area contributed by atoms with Gasteiger partial charge in [-0.15, -0.1) is 11.3 Å². The van der Waals surface area contributed by atoms with Gasteiger partial charge in [0.2, 0.25) is 5.56 Å². The highest BCUT2D eigenvalue weighted by molar-refractivity contribution is 7.16. The Morgan fingerprint density at radius 1 is 0.929 bits per heavy atom. The van der Waals surface area contributed by atoms with Crippen molar-refractivity contribution in [1.82, 2.24) is 19.9 Å². The molecule has 0 saturated carbocycles. The van der Waals surface area contributed by atoms with Crippen LogP contribution >= 0.6 is 11.3 Å². The molecule has 2 aromatic carbocycles. The highest BCUT2D eigenvalue weighted by atomic mass is 32.1. The molecule has 0 aliphatic rings. The van der Waals surface area contributed by atoms with Crippen LogP contribution in [0, 0.1) is 11.3 Å². The summed E-state index contributed by atoms with van der Waals surface area (Å²) in [7, 11) is 0. The van der Waals surface area contributed by atoms with E-state index in [0.29, 0.717) is 28.1 Å². The van der Waals surface area contributed by atoms with Gasteiger partial charge in [0.25, 0.3) is 0 Å². The molecule has 0 aliphatic heterocycles. The Balaban J connectivity index is 1.83. The average Bonchev–Trinajstić information content (AvgIpc) is 3.20. The van der Waals surface area contributed by atoms with E-state index in [9.17, 15) is 10.1 Å². The first-order valence-corrected chi connectivity index (χ1v) is 9.34. The number of H-pyrrole nitrogens is 1. The molecule has 0 aliphatic carbocycles. The van der Waals surface area contributed by atoms with Crippen molar-refractivity contribution in [1.29, 1.82) is 5.26 Å². The van der Waals surface area contributed by atoms with Gasteiger partial charge in [0.15, 0.2) is 5.65 Å². The molecule has 0 unspecified atom stereocenters. The van der Waals surface area contributed by atoms with Gasteiger partial charge >= 0.3 is 0 Å². The van der Waals surface area contributed by atoms with E-state index in [0.717, 1.165) is 21.3 Å². The smallest absolute Gasteiger partial charge is 0.249 e. The van der Waals surface area contributed by atoms with E-state index in [1.165, 1.54) is 6.07 Å². The predicted octanol–water partition coefficient (Wildman–Crippen LogP) is 4.13. The zero-order chi connectivity index (χ0) is 19.1. The number of aromatic amines is 1. The first kappa shape index (κ1) is 16.3. The van der Waals surface area contributed by atoms with E-state index in [1.807, 2.05) is 35.8 Å². The second-order valence-electron chi connectivity index (χ2n) is 6.20. The third kappa shape index (κ3) is 2.73. The normalized spacial score (nSPS) is 11.0. The zero-order valence-electron chi connectivity index (χ0n) is 14.4. The number of benzene rings is 2. The lowest BCUT2D eigenvalue weighted by Gasteiger charge is -2.10. The molecule has 1 N–H and O–H groups in total. The van der Waals surface area contributed by atoms with Gasteiger partial charge in [-0.05, 0) is 30.3 Å². The maximum absolute atomic E-state index is 11.7. The van der Waals surface area contributed by atoms with E-state index in [-0.39, 0.29) is 5.56 Å². The Morgan fingerprint density at radius 2 is 1.75 bits per heavy atom. The number of rotatable bonds is 2. The molecule has 5 aromatic rings. The quantitative estimate of drug-likeness (QED) is 0.496. The highest BCUT2D eigenvalue weighted by Gasteiger charge is 2.15. The third-order valence-electron chi connectivity index (χ3n) is 4.43. The molecule has 0 atom stereocenters. The van der Waals surface area contributed by atoms with Gasteiger partial charge in [-0.3, -0.25) is 4.79 Å². The lowest BCUT2D eigenvalue weighted by Crippen LogP contribution is -2.06. The molecule has 0 bridgehead atoms. The summed E-state index contributed by atoms with van der Waals surface area (Å²) in [5.41, 5.74) is 6.99. The summed E-state index contributed by atoms with van der Waals surface area (Å²) in [6.07, 6.45) is 0. The lowest BCUT2D eigenvalue weighted by atomic mass is 10.0. The maximum atomic E-state index is 11.7. The van der Waals surface area contributed by atoms with Gasteiger partial charge in [0.05, 0.1) is 38.7 Å². The Bertz CT molecular complexity index is 1460. The van der Waals surface area contributed by atoms with Crippen LogP contribution in [0.15, 0.2) is 64.9 Å². The van der Waals surface area contributed by atoms with E-state index in [2.05, 4.69) is 21.0 Å². The number of thiazole rings is 1. The molecule has 0 radical (unpaired) electrons. The largest absolute Gasteiger partial charge is 0.305 e. The minimum Gasteiger partial charge on any atom is -0.305 e. The van der Waals surface area contributed by atoms with Crippen LogP contribution in [-0.2, 0) is 0 Å². The predicted molar refractivity (Wildman–Crippen MR) is 109 cm³/mol. The summed E-state index contributed by atoms with van der Waals surface area (Å²) in [6, 6.07) is 18.4. The van der Waals surface area contributed by atoms with E-state index < -0.39 is 0 Å². The molecular weight excluding hydrogens is 370 g/mol. The first-order valence-electron chi connectivity index (χ1n) is 8.46. The number of pyridine rings is 1. The van der Waals surface area contributed by atoms with Gasteiger partial charge < -0.3 is 4.98 Å². The molecular formula is C21H11N5OS. The summed E-state index contributed by atoms with van der Waals surface area (Å²) >= 11 is 1.56. The van der Waals surface area contributed by atoms with E-state index in [4.69, 9.17) is 4.98 Å². The SMILES string of the molecule is N#Cc1cccc(-c2nc3[nH]c(=O)ccc3nc2-c2ccc3ncsc3c2)c1. The lowest BCUT2D eigenvalue weighted by molar-refractivity contribution is 1.19. The molecule has 0 fully saturated rings. The van der Waals surface area contributed by atoms with Crippen molar-refractivity contribution < 1.29 is 0 Å². The van der Waals surface area contributed by atoms with E-state index in [1.54, 1.807) is 29.5 Å². The van der Waals surface area contributed by atoms with Crippen LogP contribution < -0.4 is 5.56 Å². The number of aromatic nitrogens is 4. The Labute approximate surface area is 162 Å². The zero-order valence-corrected chi connectivity index (χ0v) is 15.2. The molecule has 132 valence electrons. The minimum absolute atomic E-state index is 0.239. The van der Waals surface area contributed by atoms with Gasteiger partial charge in [-0.2, -0.15) is 5.26 Å². The molecule has 28 heavy (non-hydrogen) atoms. The van der Waals surface area contributed by atoms with Gasteiger partial charge in [0.1, 0.15) is 5.52 Å². The second-order valence-corrected chi connectivity index (χ2v) is 7.09. The van der Waals surface area contributed by atoms with Gasteiger partial charge in [0, 0.05) is 17.2 Å². The average molecular weight is 381 g/mol. The van der Waals surface area contributed by atoms with Crippen LogP contribution in [0.3, 0.4) is 0 Å². The van der Waals surface area contributed by atoms with Crippen LogP contribution in [0.1, 0.15) is 5.56 Å². The van der Waals surface area contributed by atoms with Crippen LogP contribution in [0.2, 0.25) is 0 Å². The summed E-state index contributed by atoms with van der Waals surface area (Å²) in [5.74, 6) is 0. The Hall–Kier alpha value is -3.89. The van der Waals surface area contributed by atoms with Crippen molar-refractivity contribution in [3.05, 3.63) is 76.0 Å². The van der Waals surface area contributed by atoms with Gasteiger partial charge in [-0.1, -0.05) is 18.2 Å². The molecule has 7 heteroatoms. The van der Waals surface area contributed by atoms with Crippen LogP contribution in [-0.4, -0.2) is 19.9 Å². The summed E-state index contributed by atoms with van der Waals surface area (Å²) < 4.78 is 1.05. The van der Waals surface area contributed by atoms with Crippen molar-refractivity contribution in [3.8, 4) is 28.6 Å². The second kappa shape index (κ2) is 6.37. The number of nitriles is 1. The summed E-state index contributed by atoms with van der Waals surface area (Å²) in [4.78, 5) is 28.2. The third-order valence-corrected chi connectivity index (χ3v) is 5.22. The van der Waals surface area contributed by atoms with Crippen LogP contribution in [0.25, 0.3) is 43.9 Å². The Morgan fingerprint density at radius 3 is 2.64 bits per heavy atom. The topological polar surface area (TPSA) is 95.3 Å². The Kier molecular flexibility index (Phi) is 3.71. The fourth-order valence-corrected chi connectivity index (χ4v) is 3.83. The number of hydrogen-bond donors (Lipinski definition) is 1. The van der Waals surface area contributed by atoms with Crippen LogP contribution in [0.5, 0.6) is 0 Å². The number of fused-ring (bicyclic) bond motifs is 2. The van der Waals surface area contributed by atoms with Crippen molar-refractivity contribution >= 4 is 32.7 Å². The molecule has 6 nitrogen and oxygen atoms in total. The fraction of sp³-hybridized carbons (Fsp3) is 0. The highest BCUT2D eigenvalue weighted by Crippen LogP contribution is 2.33. The monoisotopic (exact) mass is 381 g/mol. The molecule has 3 aromatic heterocycles. The molecule has 0 saturated heterocycles. The van der Waals surface area contributed by atoms with Crippen LogP contribution in [0.4, 0.5) is 0 Å². The standard InChI is InChI=1S/C21H11N5OS/c22-10-12-2-1-3-13(8-12)20-19(14-4-5-15-17(9-14)28-11-23-15)24-16-6-7-18(27)25-21(16)26-20/h1-9,11H,(H,25,26,27). The van der Waals surface area contributed by atoms with Crippen molar-refractivity contribution in [3.63, 3.8) is 0 Å². The van der Waals surface area contributed by atoms with Crippen molar-refractivity contribution in [2.24, 2.45) is 0 Å². The van der Waals surface area contributed by atoms with Gasteiger partial charge in [-0.25, -0.2) is 15.0 Å². The van der Waals surface area contributed by atoms with Crippen molar-refractivity contribution in [2.75, 3.05) is 0 Å². The summed E-state index contributed by atoms with van der Waals surface area (Å²) in [5, 5.41) is 9.26. The number of nitrogens with one attached hydrogen (secondary N) is 1. The number of hydrogen-bond acceptors (Lipinski definition) is 6. The molecule has 0 spiro atoms. The summed E-state index contributed by atoms with van der Waals surface area (Å²) in [6.45, 7) is 0. The minimum atomic E-state index is -0.239. The maximum Gasteiger partial charge on any atom is 0.249 e. The fourth-order valence-electron chi connectivity index (χ4n) is 3.11.